The lowest BCUT2D eigenvalue weighted by Crippen LogP contribution is -2.13. The van der Waals surface area contributed by atoms with Crippen molar-refractivity contribution < 1.29 is 14.3 Å². The number of esters is 1. The zero-order valence-corrected chi connectivity index (χ0v) is 13.5. The van der Waals surface area contributed by atoms with Gasteiger partial charge >= 0.3 is 5.97 Å². The molecule has 3 rings (SSSR count). The molecular formula is C17H13Cl2NO3. The fourth-order valence-corrected chi connectivity index (χ4v) is 2.54. The Morgan fingerprint density at radius 2 is 1.61 bits per heavy atom. The Morgan fingerprint density at radius 1 is 1.00 bits per heavy atom. The number of nitrogens with one attached hydrogen (secondary N) is 1. The van der Waals surface area contributed by atoms with Crippen molar-refractivity contribution in [2.45, 2.75) is 12.8 Å². The van der Waals surface area contributed by atoms with Gasteiger partial charge in [0.15, 0.2) is 0 Å². The summed E-state index contributed by atoms with van der Waals surface area (Å²) in [5.41, 5.74) is 1.02. The first-order valence-electron chi connectivity index (χ1n) is 7.10. The molecule has 1 amide bonds. The monoisotopic (exact) mass is 349 g/mol. The van der Waals surface area contributed by atoms with Crippen LogP contribution in [0.2, 0.25) is 10.0 Å². The van der Waals surface area contributed by atoms with E-state index in [9.17, 15) is 9.59 Å². The molecule has 1 aliphatic carbocycles. The minimum Gasteiger partial charge on any atom is -0.423 e. The van der Waals surface area contributed by atoms with Crippen LogP contribution in [-0.2, 0) is 4.79 Å². The zero-order valence-electron chi connectivity index (χ0n) is 12.0. The van der Waals surface area contributed by atoms with Gasteiger partial charge in [0.2, 0.25) is 5.91 Å². The summed E-state index contributed by atoms with van der Waals surface area (Å²) in [5, 5.41) is 3.58. The number of amides is 1. The first-order valence-corrected chi connectivity index (χ1v) is 7.86. The molecule has 0 aliphatic heterocycles. The lowest BCUT2D eigenvalue weighted by molar-refractivity contribution is -0.117. The van der Waals surface area contributed by atoms with E-state index in [4.69, 9.17) is 27.9 Å². The molecule has 1 N–H and O–H groups in total. The second kappa shape index (κ2) is 6.60. The molecule has 0 radical (unpaired) electrons. The second-order valence-corrected chi connectivity index (χ2v) is 6.21. The van der Waals surface area contributed by atoms with Crippen LogP contribution in [0.15, 0.2) is 42.5 Å². The van der Waals surface area contributed by atoms with Crippen molar-refractivity contribution in [3.8, 4) is 5.75 Å². The molecule has 0 spiro atoms. The Morgan fingerprint density at radius 3 is 2.17 bits per heavy atom. The number of halogens is 2. The summed E-state index contributed by atoms with van der Waals surface area (Å²) in [6, 6.07) is 11.1. The number of carbonyl (C=O) groups excluding carboxylic acids is 2. The maximum Gasteiger partial charge on any atom is 0.343 e. The molecule has 6 heteroatoms. The smallest absolute Gasteiger partial charge is 0.343 e. The average molecular weight is 350 g/mol. The molecule has 0 bridgehead atoms. The highest BCUT2D eigenvalue weighted by molar-refractivity contribution is 6.34. The summed E-state index contributed by atoms with van der Waals surface area (Å²) in [7, 11) is 0. The van der Waals surface area contributed by atoms with E-state index >= 15 is 0 Å². The van der Waals surface area contributed by atoms with Crippen LogP contribution in [0, 0.1) is 5.92 Å². The van der Waals surface area contributed by atoms with Gasteiger partial charge in [-0.05, 0) is 55.3 Å². The van der Waals surface area contributed by atoms with Crippen LogP contribution in [0.3, 0.4) is 0 Å². The zero-order chi connectivity index (χ0) is 16.4. The van der Waals surface area contributed by atoms with Crippen molar-refractivity contribution >= 4 is 40.8 Å². The van der Waals surface area contributed by atoms with Gasteiger partial charge in [0.1, 0.15) is 5.75 Å². The molecule has 1 aliphatic rings. The number of anilines is 1. The number of ether oxygens (including phenoxy) is 1. The highest BCUT2D eigenvalue weighted by Gasteiger charge is 2.29. The van der Waals surface area contributed by atoms with Crippen LogP contribution in [0.25, 0.3) is 0 Å². The van der Waals surface area contributed by atoms with Gasteiger partial charge in [0.25, 0.3) is 0 Å². The molecule has 4 nitrogen and oxygen atoms in total. The van der Waals surface area contributed by atoms with Crippen LogP contribution in [0.1, 0.15) is 23.2 Å². The Bertz CT molecular complexity index is 735. The van der Waals surface area contributed by atoms with Gasteiger partial charge in [-0.15, -0.1) is 0 Å². The number of hydrogen-bond acceptors (Lipinski definition) is 3. The molecule has 0 atom stereocenters. The van der Waals surface area contributed by atoms with Gasteiger partial charge in [0, 0.05) is 21.7 Å². The standard InChI is InChI=1S/C17H13Cl2NO3/c18-12-7-13(19)9-15(8-12)23-17(22)11-3-5-14(6-4-11)20-16(21)10-1-2-10/h3-10H,1-2H2,(H,20,21). The SMILES string of the molecule is O=C(Oc1cc(Cl)cc(Cl)c1)c1ccc(NC(=O)C2CC2)cc1. The predicted octanol–water partition coefficient (Wildman–Crippen LogP) is 4.56. The van der Waals surface area contributed by atoms with E-state index in [0.29, 0.717) is 21.3 Å². The number of carbonyl (C=O) groups is 2. The maximum absolute atomic E-state index is 12.1. The van der Waals surface area contributed by atoms with Gasteiger partial charge in [-0.25, -0.2) is 4.79 Å². The van der Waals surface area contributed by atoms with Gasteiger partial charge in [-0.3, -0.25) is 4.79 Å². The molecule has 2 aromatic carbocycles. The molecular weight excluding hydrogens is 337 g/mol. The molecule has 0 aromatic heterocycles. The minimum atomic E-state index is -0.525. The number of rotatable bonds is 4. The molecule has 1 saturated carbocycles. The average Bonchev–Trinajstić information content (AvgIpc) is 3.31. The van der Waals surface area contributed by atoms with E-state index < -0.39 is 5.97 Å². The molecule has 23 heavy (non-hydrogen) atoms. The quantitative estimate of drug-likeness (QED) is 0.650. The Kier molecular flexibility index (Phi) is 4.55. The Balaban J connectivity index is 1.66. The number of benzene rings is 2. The Labute approximate surface area is 143 Å². The topological polar surface area (TPSA) is 55.4 Å². The molecule has 2 aromatic rings. The van der Waals surface area contributed by atoms with Crippen molar-refractivity contribution in [3.05, 3.63) is 58.1 Å². The van der Waals surface area contributed by atoms with E-state index in [0.717, 1.165) is 12.8 Å². The molecule has 0 saturated heterocycles. The van der Waals surface area contributed by atoms with Crippen LogP contribution in [0.4, 0.5) is 5.69 Å². The Hall–Kier alpha value is -2.04. The first kappa shape index (κ1) is 15.8. The summed E-state index contributed by atoms with van der Waals surface area (Å²) >= 11 is 11.7. The highest BCUT2D eigenvalue weighted by Crippen LogP contribution is 2.30. The third-order valence-electron chi connectivity index (χ3n) is 3.38. The second-order valence-electron chi connectivity index (χ2n) is 5.34. The van der Waals surface area contributed by atoms with Gasteiger partial charge < -0.3 is 10.1 Å². The van der Waals surface area contributed by atoms with Crippen molar-refractivity contribution in [2.75, 3.05) is 5.32 Å². The lowest BCUT2D eigenvalue weighted by Gasteiger charge is -2.07. The predicted molar refractivity (Wildman–Crippen MR) is 89.2 cm³/mol. The lowest BCUT2D eigenvalue weighted by atomic mass is 10.2. The van der Waals surface area contributed by atoms with Crippen LogP contribution >= 0.6 is 23.2 Å². The maximum atomic E-state index is 12.1. The van der Waals surface area contributed by atoms with E-state index in [1.807, 2.05) is 0 Å². The summed E-state index contributed by atoms with van der Waals surface area (Å²) in [4.78, 5) is 23.8. The van der Waals surface area contributed by atoms with Crippen molar-refractivity contribution in [2.24, 2.45) is 5.92 Å². The summed E-state index contributed by atoms with van der Waals surface area (Å²) in [6.07, 6.45) is 1.89. The van der Waals surface area contributed by atoms with Crippen molar-refractivity contribution in [3.63, 3.8) is 0 Å². The van der Waals surface area contributed by atoms with E-state index in [-0.39, 0.29) is 17.6 Å². The first-order chi connectivity index (χ1) is 11.0. The summed E-state index contributed by atoms with van der Waals surface area (Å²) in [5.74, 6) is -0.0943. The van der Waals surface area contributed by atoms with Crippen LogP contribution in [-0.4, -0.2) is 11.9 Å². The molecule has 0 unspecified atom stereocenters. The van der Waals surface area contributed by atoms with Crippen molar-refractivity contribution in [1.29, 1.82) is 0 Å². The van der Waals surface area contributed by atoms with Crippen LogP contribution < -0.4 is 10.1 Å². The largest absolute Gasteiger partial charge is 0.423 e. The summed E-state index contributed by atoms with van der Waals surface area (Å²) in [6.45, 7) is 0. The van der Waals surface area contributed by atoms with Crippen LogP contribution in [0.5, 0.6) is 5.75 Å². The van der Waals surface area contributed by atoms with E-state index in [1.165, 1.54) is 12.1 Å². The third-order valence-corrected chi connectivity index (χ3v) is 3.82. The number of hydrogen-bond donors (Lipinski definition) is 1. The molecule has 1 fully saturated rings. The minimum absolute atomic E-state index is 0.0221. The fourth-order valence-electron chi connectivity index (χ4n) is 2.03. The summed E-state index contributed by atoms with van der Waals surface area (Å²) < 4.78 is 5.24. The van der Waals surface area contributed by atoms with E-state index in [1.54, 1.807) is 30.3 Å². The van der Waals surface area contributed by atoms with Gasteiger partial charge in [-0.2, -0.15) is 0 Å². The third kappa shape index (κ3) is 4.24. The highest BCUT2D eigenvalue weighted by atomic mass is 35.5. The van der Waals surface area contributed by atoms with E-state index in [2.05, 4.69) is 5.32 Å². The molecule has 0 heterocycles. The van der Waals surface area contributed by atoms with Gasteiger partial charge in [0.05, 0.1) is 5.56 Å². The normalized spacial score (nSPS) is 13.5. The molecule has 118 valence electrons. The fraction of sp³-hybridized carbons (Fsp3) is 0.176. The van der Waals surface area contributed by atoms with Crippen molar-refractivity contribution in [1.82, 2.24) is 0 Å². The van der Waals surface area contributed by atoms with Gasteiger partial charge in [-0.1, -0.05) is 23.2 Å².